The average Bonchev–Trinajstić information content (AvgIpc) is 3.54. The van der Waals surface area contributed by atoms with Crippen LogP contribution in [0.1, 0.15) is 59.0 Å². The van der Waals surface area contributed by atoms with Crippen LogP contribution in [0.3, 0.4) is 0 Å². The van der Waals surface area contributed by atoms with Crippen molar-refractivity contribution in [3.05, 3.63) is 53.2 Å². The van der Waals surface area contributed by atoms with Crippen molar-refractivity contribution in [1.82, 2.24) is 14.6 Å². The third-order valence-corrected chi connectivity index (χ3v) is 7.53. The molecule has 1 amide bonds. The van der Waals surface area contributed by atoms with Crippen LogP contribution in [0, 0.1) is 0 Å². The minimum Gasteiger partial charge on any atom is -0.446 e. The SMILES string of the molecule is O=C(NC1CC1)c1ccc2c(c1)CN(S(=O)(=O)C1CC1)C2c1cnco1. The molecule has 1 unspecified atom stereocenters. The molecule has 0 bridgehead atoms. The largest absolute Gasteiger partial charge is 0.446 e. The van der Waals surface area contributed by atoms with E-state index in [1.165, 1.54) is 10.7 Å². The van der Waals surface area contributed by atoms with Gasteiger partial charge in [-0.15, -0.1) is 0 Å². The number of benzene rings is 1. The summed E-state index contributed by atoms with van der Waals surface area (Å²) in [6.07, 6.45) is 6.33. The molecule has 1 aromatic heterocycles. The molecule has 3 aliphatic rings. The number of rotatable bonds is 5. The maximum absolute atomic E-state index is 12.9. The molecule has 136 valence electrons. The highest BCUT2D eigenvalue weighted by Crippen LogP contribution is 2.44. The van der Waals surface area contributed by atoms with Crippen LogP contribution >= 0.6 is 0 Å². The Morgan fingerprint density at radius 2 is 2.04 bits per heavy atom. The topological polar surface area (TPSA) is 92.5 Å². The number of hydrogen-bond donors (Lipinski definition) is 1. The van der Waals surface area contributed by atoms with Gasteiger partial charge in [0.05, 0.1) is 11.4 Å². The molecule has 2 fully saturated rings. The Kier molecular flexibility index (Phi) is 3.48. The van der Waals surface area contributed by atoms with E-state index in [-0.39, 0.29) is 23.7 Å². The molecule has 2 aromatic rings. The average molecular weight is 373 g/mol. The Hall–Kier alpha value is -2.19. The molecule has 1 aromatic carbocycles. The van der Waals surface area contributed by atoms with Crippen LogP contribution in [0.4, 0.5) is 0 Å². The fraction of sp³-hybridized carbons (Fsp3) is 0.444. The van der Waals surface area contributed by atoms with Crippen LogP contribution in [-0.2, 0) is 16.6 Å². The summed E-state index contributed by atoms with van der Waals surface area (Å²) in [6, 6.07) is 5.17. The molecular formula is C18H19N3O4S. The molecule has 8 heteroatoms. The lowest BCUT2D eigenvalue weighted by atomic mass is 10.0. The van der Waals surface area contributed by atoms with E-state index >= 15 is 0 Å². The van der Waals surface area contributed by atoms with Gasteiger partial charge < -0.3 is 9.73 Å². The molecule has 2 heterocycles. The van der Waals surface area contributed by atoms with Gasteiger partial charge in [0.2, 0.25) is 10.0 Å². The second-order valence-corrected chi connectivity index (χ2v) is 9.42. The number of oxazole rings is 1. The molecule has 1 aliphatic heterocycles. The van der Waals surface area contributed by atoms with Gasteiger partial charge in [0.25, 0.3) is 5.91 Å². The van der Waals surface area contributed by atoms with Crippen molar-refractivity contribution in [3.63, 3.8) is 0 Å². The highest BCUT2D eigenvalue weighted by atomic mass is 32.2. The lowest BCUT2D eigenvalue weighted by molar-refractivity contribution is 0.0951. The molecule has 0 radical (unpaired) electrons. The molecule has 2 aliphatic carbocycles. The van der Waals surface area contributed by atoms with E-state index in [2.05, 4.69) is 10.3 Å². The molecule has 0 spiro atoms. The van der Waals surface area contributed by atoms with Crippen molar-refractivity contribution in [1.29, 1.82) is 0 Å². The number of aromatic nitrogens is 1. The first kappa shape index (κ1) is 16.0. The van der Waals surface area contributed by atoms with E-state index in [1.807, 2.05) is 6.07 Å². The Morgan fingerprint density at radius 3 is 2.69 bits per heavy atom. The summed E-state index contributed by atoms with van der Waals surface area (Å²) in [7, 11) is -3.41. The first-order chi connectivity index (χ1) is 12.5. The second kappa shape index (κ2) is 5.65. The summed E-state index contributed by atoms with van der Waals surface area (Å²) in [6.45, 7) is 0.254. The fourth-order valence-electron chi connectivity index (χ4n) is 3.51. The van der Waals surface area contributed by atoms with Crippen LogP contribution in [0.15, 0.2) is 35.2 Å². The highest BCUT2D eigenvalue weighted by Gasteiger charge is 2.47. The predicted molar refractivity (Wildman–Crippen MR) is 92.8 cm³/mol. The molecule has 1 atom stereocenters. The van der Waals surface area contributed by atoms with Gasteiger partial charge in [-0.3, -0.25) is 4.79 Å². The number of nitrogens with zero attached hydrogens (tertiary/aromatic N) is 2. The monoisotopic (exact) mass is 373 g/mol. The predicted octanol–water partition coefficient (Wildman–Crippen LogP) is 1.96. The molecule has 1 N–H and O–H groups in total. The third-order valence-electron chi connectivity index (χ3n) is 5.22. The van der Waals surface area contributed by atoms with E-state index < -0.39 is 16.1 Å². The first-order valence-electron chi connectivity index (χ1n) is 8.87. The number of carbonyl (C=O) groups excluding carboxylic acids is 1. The quantitative estimate of drug-likeness (QED) is 0.865. The number of nitrogens with one attached hydrogen (secondary N) is 1. The van der Waals surface area contributed by atoms with Crippen molar-refractivity contribution < 1.29 is 17.6 Å². The summed E-state index contributed by atoms with van der Waals surface area (Å²) in [5.74, 6) is 0.401. The number of carbonyl (C=O) groups is 1. The zero-order valence-corrected chi connectivity index (χ0v) is 14.9. The van der Waals surface area contributed by atoms with Gasteiger partial charge in [0.1, 0.15) is 11.8 Å². The van der Waals surface area contributed by atoms with E-state index in [1.54, 1.807) is 18.3 Å². The number of hydrogen-bond acceptors (Lipinski definition) is 5. The van der Waals surface area contributed by atoms with Gasteiger partial charge in [-0.1, -0.05) is 6.07 Å². The summed E-state index contributed by atoms with van der Waals surface area (Å²) < 4.78 is 32.8. The summed E-state index contributed by atoms with van der Waals surface area (Å²) in [5.41, 5.74) is 2.27. The first-order valence-corrected chi connectivity index (χ1v) is 10.4. The normalized spacial score (nSPS) is 23.0. The molecule has 7 nitrogen and oxygen atoms in total. The molecule has 2 saturated carbocycles. The van der Waals surface area contributed by atoms with Crippen molar-refractivity contribution in [2.75, 3.05) is 0 Å². The number of amides is 1. The van der Waals surface area contributed by atoms with E-state index in [0.717, 1.165) is 24.0 Å². The second-order valence-electron chi connectivity index (χ2n) is 7.26. The van der Waals surface area contributed by atoms with Crippen LogP contribution in [-0.4, -0.2) is 34.9 Å². The Bertz CT molecular complexity index is 962. The smallest absolute Gasteiger partial charge is 0.251 e. The Labute approximate surface area is 151 Å². The zero-order valence-electron chi connectivity index (χ0n) is 14.1. The van der Waals surface area contributed by atoms with Gasteiger partial charge in [0.15, 0.2) is 6.39 Å². The lowest BCUT2D eigenvalue weighted by Crippen LogP contribution is -2.32. The maximum atomic E-state index is 12.9. The van der Waals surface area contributed by atoms with Crippen LogP contribution < -0.4 is 5.32 Å². The van der Waals surface area contributed by atoms with Gasteiger partial charge in [-0.05, 0) is 48.9 Å². The zero-order chi connectivity index (χ0) is 17.9. The van der Waals surface area contributed by atoms with Crippen molar-refractivity contribution >= 4 is 15.9 Å². The van der Waals surface area contributed by atoms with Gasteiger partial charge in [-0.25, -0.2) is 13.4 Å². The lowest BCUT2D eigenvalue weighted by Gasteiger charge is -2.22. The van der Waals surface area contributed by atoms with E-state index in [0.29, 0.717) is 24.2 Å². The Balaban J connectivity index is 1.53. The Morgan fingerprint density at radius 1 is 1.23 bits per heavy atom. The summed E-state index contributed by atoms with van der Waals surface area (Å²) in [5, 5.41) is 2.66. The maximum Gasteiger partial charge on any atom is 0.251 e. The van der Waals surface area contributed by atoms with E-state index in [9.17, 15) is 13.2 Å². The summed E-state index contributed by atoms with van der Waals surface area (Å²) >= 11 is 0. The minimum absolute atomic E-state index is 0.102. The van der Waals surface area contributed by atoms with Crippen molar-refractivity contribution in [3.8, 4) is 0 Å². The fourth-order valence-corrected chi connectivity index (χ4v) is 5.46. The highest BCUT2D eigenvalue weighted by molar-refractivity contribution is 7.90. The van der Waals surface area contributed by atoms with Crippen molar-refractivity contribution in [2.45, 2.75) is 49.6 Å². The molecule has 26 heavy (non-hydrogen) atoms. The van der Waals surface area contributed by atoms with Gasteiger partial charge in [-0.2, -0.15) is 4.31 Å². The summed E-state index contributed by atoms with van der Waals surface area (Å²) in [4.78, 5) is 16.3. The molecular weight excluding hydrogens is 354 g/mol. The van der Waals surface area contributed by atoms with Crippen LogP contribution in [0.5, 0.6) is 0 Å². The number of fused-ring (bicyclic) bond motifs is 1. The van der Waals surface area contributed by atoms with Gasteiger partial charge in [0, 0.05) is 18.2 Å². The van der Waals surface area contributed by atoms with Gasteiger partial charge >= 0.3 is 0 Å². The van der Waals surface area contributed by atoms with Crippen LogP contribution in [0.25, 0.3) is 0 Å². The third kappa shape index (κ3) is 2.64. The standard InChI is InChI=1S/C18H19N3O4S/c22-18(20-13-2-3-13)11-1-6-15-12(7-11)9-21(26(23,24)14-4-5-14)17(15)16-8-19-10-25-16/h1,6-8,10,13-14,17H,2-5,9H2,(H,20,22). The van der Waals surface area contributed by atoms with E-state index in [4.69, 9.17) is 4.42 Å². The minimum atomic E-state index is -3.41. The van der Waals surface area contributed by atoms with Crippen molar-refractivity contribution in [2.24, 2.45) is 0 Å². The molecule has 5 rings (SSSR count). The number of sulfonamides is 1. The molecule has 0 saturated heterocycles. The van der Waals surface area contributed by atoms with Crippen LogP contribution in [0.2, 0.25) is 0 Å².